The van der Waals surface area contributed by atoms with Gasteiger partial charge in [0.1, 0.15) is 0 Å². The van der Waals surface area contributed by atoms with Gasteiger partial charge in [0.2, 0.25) is 10.0 Å². The quantitative estimate of drug-likeness (QED) is 0.265. The summed E-state index contributed by atoms with van der Waals surface area (Å²) in [5.41, 5.74) is 10.8. The van der Waals surface area contributed by atoms with Crippen LogP contribution in [0.2, 0.25) is 5.02 Å². The molecule has 0 unspecified atom stereocenters. The zero-order valence-corrected chi connectivity index (χ0v) is 15.7. The number of rotatable bonds is 6. The number of aliphatic imine (C=N–C) groups is 1. The molecule has 1 atom stereocenters. The topological polar surface area (TPSA) is 164 Å². The molecule has 7 N–H and O–H groups in total. The highest BCUT2D eigenvalue weighted by Crippen LogP contribution is 2.31. The first-order valence-corrected chi connectivity index (χ1v) is 9.45. The summed E-state index contributed by atoms with van der Waals surface area (Å²) >= 11 is 6.09. The molecule has 26 heavy (non-hydrogen) atoms. The molecular weight excluding hydrogens is 382 g/mol. The Bertz CT molecular complexity index is 934. The average Bonchev–Trinajstić information content (AvgIpc) is 2.54. The summed E-state index contributed by atoms with van der Waals surface area (Å²) < 4.78 is 27.6. The Morgan fingerprint density at radius 3 is 2.46 bits per heavy atom. The number of hydrogen-bond acceptors (Lipinski definition) is 6. The van der Waals surface area contributed by atoms with Crippen LogP contribution in [0.25, 0.3) is 10.8 Å². The van der Waals surface area contributed by atoms with Gasteiger partial charge in [-0.25, -0.2) is 18.1 Å². The van der Waals surface area contributed by atoms with Gasteiger partial charge in [0.15, 0.2) is 18.1 Å². The van der Waals surface area contributed by atoms with Gasteiger partial charge >= 0.3 is 0 Å². The van der Waals surface area contributed by atoms with E-state index in [1.54, 1.807) is 13.8 Å². The largest absolute Gasteiger partial charge is 0.370 e. The Kier molecular flexibility index (Phi) is 6.04. The third-order valence-corrected chi connectivity index (χ3v) is 5.42. The molecule has 2 aromatic rings. The number of nitrogens with one attached hydrogen (secondary N) is 1. The molecule has 1 aromatic heterocycles. The van der Waals surface area contributed by atoms with Crippen LogP contribution in [0, 0.1) is 5.92 Å². The number of pyridine rings is 1. The summed E-state index contributed by atoms with van der Waals surface area (Å²) in [7, 11) is -4.05. The molecule has 0 aliphatic carbocycles. The Balaban J connectivity index is 2.58. The summed E-state index contributed by atoms with van der Waals surface area (Å²) in [6, 6.07) is 3.08. The standard InChI is InChI=1S/C15H20ClN5O4S/c1-7(2)12(14(22)23)21-26(24,25)8-3-4-9-10(5-8)13(20-15(17)18)19-6-11(9)16/h3-7,12,14,21-23H,1-2H3,(H4,17,18,19,20)/t12-/m1/s1. The zero-order valence-electron chi connectivity index (χ0n) is 14.1. The number of fused-ring (bicyclic) bond motifs is 1. The van der Waals surface area contributed by atoms with Gasteiger partial charge in [0.25, 0.3) is 0 Å². The minimum atomic E-state index is -4.05. The van der Waals surface area contributed by atoms with Crippen LogP contribution in [0.15, 0.2) is 34.3 Å². The van der Waals surface area contributed by atoms with Crippen molar-refractivity contribution in [1.82, 2.24) is 9.71 Å². The van der Waals surface area contributed by atoms with E-state index in [-0.39, 0.29) is 22.6 Å². The number of aliphatic hydroxyl groups excluding tert-OH is 1. The number of hydrogen-bond donors (Lipinski definition) is 5. The normalized spacial score (nSPS) is 13.3. The third kappa shape index (κ3) is 4.40. The molecule has 0 bridgehead atoms. The Morgan fingerprint density at radius 1 is 1.27 bits per heavy atom. The predicted octanol–water partition coefficient (Wildman–Crippen LogP) is 0.407. The molecule has 9 nitrogen and oxygen atoms in total. The van der Waals surface area contributed by atoms with Crippen molar-refractivity contribution in [3.63, 3.8) is 0 Å². The first-order valence-electron chi connectivity index (χ1n) is 7.59. The van der Waals surface area contributed by atoms with Crippen LogP contribution in [0.1, 0.15) is 13.8 Å². The van der Waals surface area contributed by atoms with E-state index in [4.69, 9.17) is 23.1 Å². The number of sulfonamides is 1. The van der Waals surface area contributed by atoms with Crippen molar-refractivity contribution in [2.45, 2.75) is 31.1 Å². The number of aliphatic hydroxyl groups is 2. The fourth-order valence-corrected chi connectivity index (χ4v) is 3.96. The maximum Gasteiger partial charge on any atom is 0.241 e. The zero-order chi connectivity index (χ0) is 19.6. The first-order chi connectivity index (χ1) is 12.0. The third-order valence-electron chi connectivity index (χ3n) is 3.67. The number of aromatic nitrogens is 1. The molecule has 0 saturated carbocycles. The lowest BCUT2D eigenvalue weighted by molar-refractivity contribution is -0.0718. The van der Waals surface area contributed by atoms with Crippen LogP contribution in [-0.4, -0.2) is 41.9 Å². The number of nitrogens with zero attached hydrogens (tertiary/aromatic N) is 2. The van der Waals surface area contributed by atoms with Gasteiger partial charge in [0.05, 0.1) is 16.0 Å². The molecule has 11 heteroatoms. The van der Waals surface area contributed by atoms with E-state index in [9.17, 15) is 18.6 Å². The van der Waals surface area contributed by atoms with Crippen molar-refractivity contribution in [3.8, 4) is 0 Å². The SMILES string of the molecule is CC(C)[C@@H](NS(=O)(=O)c1ccc2c(Cl)cnc(N=C(N)N)c2c1)C(O)O. The van der Waals surface area contributed by atoms with Crippen molar-refractivity contribution < 1.29 is 18.6 Å². The van der Waals surface area contributed by atoms with Crippen LogP contribution < -0.4 is 16.2 Å². The van der Waals surface area contributed by atoms with Crippen LogP contribution in [-0.2, 0) is 10.0 Å². The number of benzene rings is 1. The number of nitrogens with two attached hydrogens (primary N) is 2. The van der Waals surface area contributed by atoms with Crippen LogP contribution in [0.4, 0.5) is 5.82 Å². The highest BCUT2D eigenvalue weighted by molar-refractivity contribution is 7.89. The molecular formula is C15H20ClN5O4S. The molecule has 0 aliphatic heterocycles. The summed E-state index contributed by atoms with van der Waals surface area (Å²) in [6.45, 7) is 3.32. The van der Waals surface area contributed by atoms with E-state index in [0.29, 0.717) is 15.8 Å². The van der Waals surface area contributed by atoms with Gasteiger partial charge in [-0.2, -0.15) is 4.99 Å². The van der Waals surface area contributed by atoms with E-state index in [1.807, 2.05) is 0 Å². The van der Waals surface area contributed by atoms with Crippen LogP contribution >= 0.6 is 11.6 Å². The van der Waals surface area contributed by atoms with Crippen molar-refractivity contribution in [2.75, 3.05) is 0 Å². The molecule has 0 amide bonds. The second-order valence-corrected chi connectivity index (χ2v) is 8.10. The monoisotopic (exact) mass is 401 g/mol. The van der Waals surface area contributed by atoms with E-state index in [1.165, 1.54) is 24.4 Å². The lowest BCUT2D eigenvalue weighted by atomic mass is 10.1. The van der Waals surface area contributed by atoms with E-state index >= 15 is 0 Å². The van der Waals surface area contributed by atoms with Gasteiger partial charge in [0, 0.05) is 17.0 Å². The van der Waals surface area contributed by atoms with Gasteiger partial charge < -0.3 is 21.7 Å². The summed E-state index contributed by atoms with van der Waals surface area (Å²) in [5, 5.41) is 20.0. The Morgan fingerprint density at radius 2 is 1.92 bits per heavy atom. The lowest BCUT2D eigenvalue weighted by Crippen LogP contribution is -2.46. The lowest BCUT2D eigenvalue weighted by Gasteiger charge is -2.23. The molecule has 1 heterocycles. The van der Waals surface area contributed by atoms with E-state index in [2.05, 4.69) is 14.7 Å². The molecule has 0 aliphatic rings. The average molecular weight is 402 g/mol. The van der Waals surface area contributed by atoms with E-state index < -0.39 is 22.4 Å². The van der Waals surface area contributed by atoms with E-state index in [0.717, 1.165) is 0 Å². The smallest absolute Gasteiger partial charge is 0.241 e. The molecule has 0 spiro atoms. The second-order valence-electron chi connectivity index (χ2n) is 5.98. The molecule has 0 radical (unpaired) electrons. The minimum absolute atomic E-state index is 0.115. The highest BCUT2D eigenvalue weighted by Gasteiger charge is 2.27. The maximum atomic E-state index is 12.6. The predicted molar refractivity (Wildman–Crippen MR) is 99.4 cm³/mol. The van der Waals surface area contributed by atoms with Crippen LogP contribution in [0.3, 0.4) is 0 Å². The van der Waals surface area contributed by atoms with Crippen LogP contribution in [0.5, 0.6) is 0 Å². The van der Waals surface area contributed by atoms with Gasteiger partial charge in [-0.3, -0.25) is 0 Å². The fourth-order valence-electron chi connectivity index (χ4n) is 2.34. The molecule has 1 aromatic carbocycles. The highest BCUT2D eigenvalue weighted by atomic mass is 35.5. The van der Waals surface area contributed by atoms with Gasteiger partial charge in [-0.15, -0.1) is 0 Å². The fraction of sp³-hybridized carbons (Fsp3) is 0.333. The van der Waals surface area contributed by atoms with Crippen molar-refractivity contribution in [1.29, 1.82) is 0 Å². The molecule has 0 fully saturated rings. The van der Waals surface area contributed by atoms with Crippen molar-refractivity contribution in [3.05, 3.63) is 29.4 Å². The second kappa shape index (κ2) is 7.72. The van der Waals surface area contributed by atoms with Gasteiger partial charge in [-0.05, 0) is 18.1 Å². The Hall–Kier alpha value is -1.98. The number of halogens is 1. The summed E-state index contributed by atoms with van der Waals surface area (Å²) in [5.74, 6) is -0.474. The molecule has 2 rings (SSSR count). The Labute approximate surface area is 155 Å². The van der Waals surface area contributed by atoms with Crippen molar-refractivity contribution in [2.24, 2.45) is 22.4 Å². The number of guanidine groups is 1. The molecule has 142 valence electrons. The van der Waals surface area contributed by atoms with Crippen molar-refractivity contribution >= 4 is 44.2 Å². The van der Waals surface area contributed by atoms with Gasteiger partial charge in [-0.1, -0.05) is 31.5 Å². The molecule has 0 saturated heterocycles. The summed E-state index contributed by atoms with van der Waals surface area (Å²) in [6.07, 6.45) is -0.492. The first kappa shape index (κ1) is 20.3. The maximum absolute atomic E-state index is 12.6. The minimum Gasteiger partial charge on any atom is -0.370 e. The summed E-state index contributed by atoms with van der Waals surface area (Å²) in [4.78, 5) is 7.77.